The number of carboxylic acids is 1. The van der Waals surface area contributed by atoms with Crippen molar-refractivity contribution in [3.63, 3.8) is 0 Å². The minimum atomic E-state index is -0.989. The van der Waals surface area contributed by atoms with E-state index < -0.39 is 17.8 Å². The third-order valence-electron chi connectivity index (χ3n) is 5.30. The summed E-state index contributed by atoms with van der Waals surface area (Å²) in [6.45, 7) is 1.74. The Labute approximate surface area is 145 Å². The standard InChI is InChI=1S/C21H19NO3/c1-12-18(21(24)25)19(20-16(22-12)10-5-11-17(20)23)15-9-4-7-13-6-2-3-8-14(13)15/h2-4,6-9,19-20H,5,10-11H2,1H3,(H,24,25). The van der Waals surface area contributed by atoms with Crippen LogP contribution in [0.5, 0.6) is 0 Å². The van der Waals surface area contributed by atoms with Crippen LogP contribution in [0.4, 0.5) is 0 Å². The van der Waals surface area contributed by atoms with Crippen LogP contribution >= 0.6 is 0 Å². The van der Waals surface area contributed by atoms with Crippen LogP contribution in [0.3, 0.4) is 0 Å². The first kappa shape index (κ1) is 15.8. The van der Waals surface area contributed by atoms with Gasteiger partial charge in [-0.1, -0.05) is 42.5 Å². The van der Waals surface area contributed by atoms with E-state index >= 15 is 0 Å². The van der Waals surface area contributed by atoms with Crippen LogP contribution in [-0.4, -0.2) is 22.6 Å². The van der Waals surface area contributed by atoms with Crippen LogP contribution in [0.25, 0.3) is 10.8 Å². The highest BCUT2D eigenvalue weighted by atomic mass is 16.4. The van der Waals surface area contributed by atoms with Gasteiger partial charge in [-0.25, -0.2) is 4.79 Å². The second kappa shape index (κ2) is 5.96. The lowest BCUT2D eigenvalue weighted by Gasteiger charge is -2.35. The molecule has 4 heteroatoms. The van der Waals surface area contributed by atoms with Gasteiger partial charge in [-0.3, -0.25) is 9.79 Å². The topological polar surface area (TPSA) is 66.7 Å². The second-order valence-electron chi connectivity index (χ2n) is 6.75. The number of rotatable bonds is 2. The molecule has 0 amide bonds. The van der Waals surface area contributed by atoms with Gasteiger partial charge in [0.05, 0.1) is 11.5 Å². The summed E-state index contributed by atoms with van der Waals surface area (Å²) in [5.41, 5.74) is 2.52. The molecule has 2 aliphatic rings. The molecule has 2 atom stereocenters. The highest BCUT2D eigenvalue weighted by molar-refractivity contribution is 6.12. The first-order chi connectivity index (χ1) is 12.1. The average molecular weight is 333 g/mol. The fourth-order valence-electron chi connectivity index (χ4n) is 4.26. The Kier molecular flexibility index (Phi) is 3.75. The fourth-order valence-corrected chi connectivity index (χ4v) is 4.26. The SMILES string of the molecule is CC1=C(C(=O)O)C(c2cccc3ccccc23)C2C(=O)CCCC2=N1. The molecule has 25 heavy (non-hydrogen) atoms. The highest BCUT2D eigenvalue weighted by Gasteiger charge is 2.43. The van der Waals surface area contributed by atoms with Gasteiger partial charge in [0.25, 0.3) is 0 Å². The van der Waals surface area contributed by atoms with Crippen LogP contribution in [0, 0.1) is 5.92 Å². The van der Waals surface area contributed by atoms with Crippen molar-refractivity contribution in [2.45, 2.75) is 32.1 Å². The van der Waals surface area contributed by atoms with Crippen LogP contribution in [0.1, 0.15) is 37.7 Å². The number of allylic oxidation sites excluding steroid dienone is 1. The number of fused-ring (bicyclic) bond motifs is 2. The largest absolute Gasteiger partial charge is 0.478 e. The molecule has 0 radical (unpaired) electrons. The molecular weight excluding hydrogens is 314 g/mol. The third-order valence-corrected chi connectivity index (χ3v) is 5.30. The van der Waals surface area contributed by atoms with E-state index in [4.69, 9.17) is 0 Å². The molecule has 1 heterocycles. The minimum absolute atomic E-state index is 0.106. The zero-order chi connectivity index (χ0) is 17.6. The summed E-state index contributed by atoms with van der Waals surface area (Å²) in [5.74, 6) is -1.80. The maximum absolute atomic E-state index is 12.7. The number of carbonyl (C=O) groups is 2. The van der Waals surface area contributed by atoms with E-state index in [1.165, 1.54) is 0 Å². The normalized spacial score (nSPS) is 23.4. The Morgan fingerprint density at radius 3 is 2.64 bits per heavy atom. The molecule has 126 valence electrons. The zero-order valence-electron chi connectivity index (χ0n) is 14.0. The summed E-state index contributed by atoms with van der Waals surface area (Å²) >= 11 is 0. The van der Waals surface area contributed by atoms with Crippen LogP contribution in [0.15, 0.2) is 58.7 Å². The van der Waals surface area contributed by atoms with Crippen molar-refractivity contribution in [1.82, 2.24) is 0 Å². The van der Waals surface area contributed by atoms with Crippen molar-refractivity contribution in [3.05, 3.63) is 59.3 Å². The smallest absolute Gasteiger partial charge is 0.334 e. The van der Waals surface area contributed by atoms with E-state index in [2.05, 4.69) is 4.99 Å². The summed E-state index contributed by atoms with van der Waals surface area (Å²) in [6, 6.07) is 13.8. The summed E-state index contributed by atoms with van der Waals surface area (Å²) in [6.07, 6.45) is 2.06. The van der Waals surface area contributed by atoms with Crippen molar-refractivity contribution in [2.24, 2.45) is 10.9 Å². The third kappa shape index (κ3) is 2.49. The number of aliphatic imine (C=N–C) groups is 1. The lowest BCUT2D eigenvalue weighted by molar-refractivity contribution is -0.133. The molecule has 0 bridgehead atoms. The molecular formula is C21H19NO3. The molecule has 0 aromatic heterocycles. The number of Topliss-reactive ketones (excluding diaryl/α,β-unsaturated/α-hetero) is 1. The molecule has 1 aliphatic heterocycles. The number of carbonyl (C=O) groups excluding carboxylic acids is 1. The predicted molar refractivity (Wildman–Crippen MR) is 96.8 cm³/mol. The van der Waals surface area contributed by atoms with Crippen LogP contribution in [-0.2, 0) is 9.59 Å². The maximum atomic E-state index is 12.7. The molecule has 0 spiro atoms. The maximum Gasteiger partial charge on any atom is 0.334 e. The Balaban J connectivity index is 2.00. The van der Waals surface area contributed by atoms with Gasteiger partial charge in [0.2, 0.25) is 0 Å². The monoisotopic (exact) mass is 333 g/mol. The lowest BCUT2D eigenvalue weighted by Crippen LogP contribution is -2.38. The van der Waals surface area contributed by atoms with E-state index in [0.717, 1.165) is 34.9 Å². The van der Waals surface area contributed by atoms with Gasteiger partial charge in [0, 0.05) is 23.7 Å². The minimum Gasteiger partial charge on any atom is -0.478 e. The Hall–Kier alpha value is -2.75. The molecule has 4 nitrogen and oxygen atoms in total. The molecule has 1 saturated carbocycles. The van der Waals surface area contributed by atoms with Crippen molar-refractivity contribution >= 4 is 28.2 Å². The number of hydrogen-bond acceptors (Lipinski definition) is 3. The van der Waals surface area contributed by atoms with Gasteiger partial charge in [0.15, 0.2) is 0 Å². The van der Waals surface area contributed by atoms with Crippen LogP contribution < -0.4 is 0 Å². The summed E-state index contributed by atoms with van der Waals surface area (Å²) in [5, 5.41) is 11.9. The Bertz CT molecular complexity index is 949. The molecule has 2 aromatic rings. The number of benzene rings is 2. The van der Waals surface area contributed by atoms with Crippen LogP contribution in [0.2, 0.25) is 0 Å². The van der Waals surface area contributed by atoms with Gasteiger partial charge >= 0.3 is 5.97 Å². The second-order valence-corrected chi connectivity index (χ2v) is 6.75. The van der Waals surface area contributed by atoms with Gasteiger partial charge in [-0.05, 0) is 36.1 Å². The molecule has 2 aromatic carbocycles. The number of aliphatic carboxylic acids is 1. The molecule has 1 N–H and O–H groups in total. The average Bonchev–Trinajstić information content (AvgIpc) is 2.60. The van der Waals surface area contributed by atoms with E-state index in [1.807, 2.05) is 42.5 Å². The van der Waals surface area contributed by atoms with E-state index in [9.17, 15) is 14.7 Å². The fraction of sp³-hybridized carbons (Fsp3) is 0.286. The van der Waals surface area contributed by atoms with Gasteiger partial charge < -0.3 is 5.11 Å². The van der Waals surface area contributed by atoms with Crippen molar-refractivity contribution in [2.75, 3.05) is 0 Å². The molecule has 4 rings (SSSR count). The summed E-state index contributed by atoms with van der Waals surface area (Å²) in [7, 11) is 0. The summed E-state index contributed by atoms with van der Waals surface area (Å²) < 4.78 is 0. The van der Waals surface area contributed by atoms with Crippen molar-refractivity contribution < 1.29 is 14.7 Å². The zero-order valence-corrected chi connectivity index (χ0v) is 14.0. The summed E-state index contributed by atoms with van der Waals surface area (Å²) in [4.78, 5) is 29.3. The molecule has 2 unspecified atom stereocenters. The van der Waals surface area contributed by atoms with E-state index in [0.29, 0.717) is 12.1 Å². The van der Waals surface area contributed by atoms with Crippen molar-refractivity contribution in [1.29, 1.82) is 0 Å². The number of carboxylic acid groups (broad SMARTS) is 1. The Morgan fingerprint density at radius 1 is 1.08 bits per heavy atom. The molecule has 1 aliphatic carbocycles. The molecule has 0 saturated heterocycles. The quantitative estimate of drug-likeness (QED) is 0.899. The van der Waals surface area contributed by atoms with Gasteiger partial charge in [0.1, 0.15) is 5.78 Å². The first-order valence-electron chi connectivity index (χ1n) is 8.60. The lowest BCUT2D eigenvalue weighted by atomic mass is 9.69. The van der Waals surface area contributed by atoms with Gasteiger partial charge in [-0.2, -0.15) is 0 Å². The molecule has 1 fully saturated rings. The first-order valence-corrected chi connectivity index (χ1v) is 8.60. The highest BCUT2D eigenvalue weighted by Crippen LogP contribution is 2.44. The Morgan fingerprint density at radius 2 is 1.84 bits per heavy atom. The van der Waals surface area contributed by atoms with Crippen molar-refractivity contribution in [3.8, 4) is 0 Å². The number of ketones is 1. The predicted octanol–water partition coefficient (Wildman–Crippen LogP) is 4.11. The number of nitrogens with zero attached hydrogens (tertiary/aromatic N) is 1. The van der Waals surface area contributed by atoms with E-state index in [1.54, 1.807) is 6.92 Å². The van der Waals surface area contributed by atoms with E-state index in [-0.39, 0.29) is 11.4 Å². The number of hydrogen-bond donors (Lipinski definition) is 1. The van der Waals surface area contributed by atoms with Gasteiger partial charge in [-0.15, -0.1) is 0 Å².